The van der Waals surface area contributed by atoms with Gasteiger partial charge in [0.05, 0.1) is 30.5 Å². The Labute approximate surface area is 178 Å². The predicted molar refractivity (Wildman–Crippen MR) is 116 cm³/mol. The van der Waals surface area contributed by atoms with Crippen molar-refractivity contribution in [3.63, 3.8) is 0 Å². The zero-order chi connectivity index (χ0) is 21.9. The van der Waals surface area contributed by atoms with Crippen LogP contribution in [0.15, 0.2) is 47.4 Å². The Balaban J connectivity index is 1.82. The van der Waals surface area contributed by atoms with E-state index < -0.39 is 15.9 Å². The molecule has 0 aliphatic heterocycles. The van der Waals surface area contributed by atoms with Gasteiger partial charge in [0.1, 0.15) is 16.4 Å². The number of aryl methyl sites for hydroxylation is 2. The van der Waals surface area contributed by atoms with Crippen molar-refractivity contribution in [2.45, 2.75) is 18.7 Å². The molecule has 0 aliphatic rings. The van der Waals surface area contributed by atoms with E-state index in [9.17, 15) is 13.2 Å². The van der Waals surface area contributed by atoms with Crippen LogP contribution >= 0.6 is 11.3 Å². The second kappa shape index (κ2) is 8.72. The number of carbonyl (C=O) groups excluding carboxylic acids is 1. The van der Waals surface area contributed by atoms with Gasteiger partial charge in [0.2, 0.25) is 0 Å². The van der Waals surface area contributed by atoms with Crippen molar-refractivity contribution in [2.24, 2.45) is 0 Å². The van der Waals surface area contributed by atoms with Crippen LogP contribution in [0.1, 0.15) is 20.9 Å². The number of anilines is 2. The third kappa shape index (κ3) is 4.71. The van der Waals surface area contributed by atoms with Gasteiger partial charge in [-0.25, -0.2) is 13.4 Å². The Bertz CT molecular complexity index is 1170. The molecule has 0 aliphatic carbocycles. The van der Waals surface area contributed by atoms with E-state index in [2.05, 4.69) is 15.0 Å². The first kappa shape index (κ1) is 21.6. The number of benzene rings is 2. The van der Waals surface area contributed by atoms with E-state index in [1.54, 1.807) is 37.3 Å². The minimum atomic E-state index is -3.81. The first-order chi connectivity index (χ1) is 14.2. The molecule has 0 radical (unpaired) electrons. The molecule has 3 rings (SSSR count). The third-order valence-electron chi connectivity index (χ3n) is 4.21. The zero-order valence-corrected chi connectivity index (χ0v) is 18.5. The molecule has 0 saturated heterocycles. The van der Waals surface area contributed by atoms with Crippen LogP contribution < -0.4 is 19.5 Å². The number of nitrogens with one attached hydrogen (secondary N) is 2. The highest BCUT2D eigenvalue weighted by atomic mass is 32.2. The summed E-state index contributed by atoms with van der Waals surface area (Å²) in [5, 5.41) is 2.86. The Kier molecular flexibility index (Phi) is 6.28. The smallest absolute Gasteiger partial charge is 0.267 e. The van der Waals surface area contributed by atoms with Crippen LogP contribution in [-0.2, 0) is 10.0 Å². The van der Waals surface area contributed by atoms with E-state index in [1.807, 2.05) is 6.92 Å². The molecule has 1 aromatic heterocycles. The number of sulfonamides is 1. The maximum Gasteiger partial charge on any atom is 0.267 e. The van der Waals surface area contributed by atoms with Gasteiger partial charge in [-0.2, -0.15) is 0 Å². The number of rotatable bonds is 7. The third-order valence-corrected chi connectivity index (χ3v) is 6.77. The Morgan fingerprint density at radius 1 is 1.03 bits per heavy atom. The fourth-order valence-corrected chi connectivity index (χ4v) is 4.73. The van der Waals surface area contributed by atoms with Crippen LogP contribution in [0.2, 0.25) is 0 Å². The summed E-state index contributed by atoms with van der Waals surface area (Å²) >= 11 is 0.949. The zero-order valence-electron chi connectivity index (χ0n) is 16.8. The molecule has 0 unspecified atom stereocenters. The number of nitrogens with zero attached hydrogens (tertiary/aromatic N) is 1. The molecule has 1 heterocycles. The lowest BCUT2D eigenvalue weighted by Crippen LogP contribution is -2.12. The summed E-state index contributed by atoms with van der Waals surface area (Å²) in [6.07, 6.45) is 0. The number of methoxy groups -OCH3 is 2. The molecule has 2 N–H and O–H groups in total. The topological polar surface area (TPSA) is 107 Å². The monoisotopic (exact) mass is 447 g/mol. The Morgan fingerprint density at radius 3 is 2.37 bits per heavy atom. The van der Waals surface area contributed by atoms with Gasteiger partial charge >= 0.3 is 0 Å². The number of ether oxygens (including phenoxy) is 2. The highest BCUT2D eigenvalue weighted by molar-refractivity contribution is 7.93. The van der Waals surface area contributed by atoms with Crippen molar-refractivity contribution in [3.05, 3.63) is 58.6 Å². The SMILES string of the molecule is COc1ccc(OC)c(NC(=O)c2sc(NS(=O)(=O)c3ccc(C)cc3)nc2C)c1. The molecule has 0 atom stereocenters. The normalized spacial score (nSPS) is 11.1. The van der Waals surface area contributed by atoms with Gasteiger partial charge in [0.15, 0.2) is 5.13 Å². The fraction of sp³-hybridized carbons (Fsp3) is 0.200. The lowest BCUT2D eigenvalue weighted by atomic mass is 10.2. The highest BCUT2D eigenvalue weighted by Crippen LogP contribution is 2.31. The number of carbonyl (C=O) groups is 1. The molecular weight excluding hydrogens is 426 g/mol. The van der Waals surface area contributed by atoms with Gasteiger partial charge in [0, 0.05) is 6.07 Å². The van der Waals surface area contributed by atoms with Gasteiger partial charge < -0.3 is 14.8 Å². The largest absolute Gasteiger partial charge is 0.497 e. The second-order valence-electron chi connectivity index (χ2n) is 6.37. The molecule has 0 spiro atoms. The van der Waals surface area contributed by atoms with E-state index in [-0.39, 0.29) is 14.9 Å². The van der Waals surface area contributed by atoms with Crippen LogP contribution in [-0.4, -0.2) is 33.5 Å². The van der Waals surface area contributed by atoms with Crippen LogP contribution in [0.3, 0.4) is 0 Å². The molecular formula is C20H21N3O5S2. The molecule has 30 heavy (non-hydrogen) atoms. The van der Waals surface area contributed by atoms with Crippen LogP contribution in [0.4, 0.5) is 10.8 Å². The first-order valence-electron chi connectivity index (χ1n) is 8.84. The average Bonchev–Trinajstić information content (AvgIpc) is 3.07. The minimum absolute atomic E-state index is 0.107. The van der Waals surface area contributed by atoms with E-state index in [4.69, 9.17) is 9.47 Å². The summed E-state index contributed by atoms with van der Waals surface area (Å²) in [5.41, 5.74) is 1.78. The van der Waals surface area contributed by atoms with E-state index in [0.29, 0.717) is 22.9 Å². The summed E-state index contributed by atoms with van der Waals surface area (Å²) in [5.74, 6) is 0.586. The molecule has 1 amide bonds. The van der Waals surface area contributed by atoms with Crippen molar-refractivity contribution >= 4 is 38.1 Å². The predicted octanol–water partition coefficient (Wildman–Crippen LogP) is 3.83. The van der Waals surface area contributed by atoms with Gasteiger partial charge in [0.25, 0.3) is 15.9 Å². The molecule has 8 nitrogen and oxygen atoms in total. The van der Waals surface area contributed by atoms with E-state index in [1.165, 1.54) is 26.4 Å². The van der Waals surface area contributed by atoms with Gasteiger partial charge in [-0.05, 0) is 38.1 Å². The fourth-order valence-electron chi connectivity index (χ4n) is 2.63. The van der Waals surface area contributed by atoms with Crippen molar-refractivity contribution in [3.8, 4) is 11.5 Å². The second-order valence-corrected chi connectivity index (χ2v) is 9.05. The number of thiazole rings is 1. The number of hydrogen-bond acceptors (Lipinski definition) is 7. The highest BCUT2D eigenvalue weighted by Gasteiger charge is 2.21. The maximum atomic E-state index is 12.8. The summed E-state index contributed by atoms with van der Waals surface area (Å²) in [7, 11) is -0.794. The number of amides is 1. The van der Waals surface area contributed by atoms with Crippen LogP contribution in [0.25, 0.3) is 0 Å². The van der Waals surface area contributed by atoms with Crippen molar-refractivity contribution in [1.82, 2.24) is 4.98 Å². The van der Waals surface area contributed by atoms with Gasteiger partial charge in [-0.15, -0.1) is 0 Å². The van der Waals surface area contributed by atoms with Crippen molar-refractivity contribution in [2.75, 3.05) is 24.3 Å². The molecule has 2 aromatic carbocycles. The first-order valence-corrected chi connectivity index (χ1v) is 11.1. The maximum absolute atomic E-state index is 12.8. The van der Waals surface area contributed by atoms with Crippen LogP contribution in [0.5, 0.6) is 11.5 Å². The Morgan fingerprint density at radius 2 is 1.73 bits per heavy atom. The molecule has 0 fully saturated rings. The average molecular weight is 448 g/mol. The lowest BCUT2D eigenvalue weighted by Gasteiger charge is -2.11. The summed E-state index contributed by atoms with van der Waals surface area (Å²) in [6.45, 7) is 3.51. The minimum Gasteiger partial charge on any atom is -0.497 e. The van der Waals surface area contributed by atoms with Crippen molar-refractivity contribution < 1.29 is 22.7 Å². The molecule has 0 saturated carbocycles. The van der Waals surface area contributed by atoms with E-state index >= 15 is 0 Å². The lowest BCUT2D eigenvalue weighted by molar-refractivity contribution is 0.102. The van der Waals surface area contributed by atoms with Gasteiger partial charge in [-0.1, -0.05) is 29.0 Å². The molecule has 10 heteroatoms. The summed E-state index contributed by atoms with van der Waals surface area (Å²) in [4.78, 5) is 17.4. The quantitative estimate of drug-likeness (QED) is 0.570. The van der Waals surface area contributed by atoms with E-state index in [0.717, 1.165) is 16.9 Å². The van der Waals surface area contributed by atoms with Gasteiger partial charge in [-0.3, -0.25) is 9.52 Å². The Hall–Kier alpha value is -3.11. The summed E-state index contributed by atoms with van der Waals surface area (Å²) in [6, 6.07) is 11.5. The number of hydrogen-bond donors (Lipinski definition) is 2. The number of aromatic nitrogens is 1. The van der Waals surface area contributed by atoms with Crippen molar-refractivity contribution in [1.29, 1.82) is 0 Å². The standard InChI is InChI=1S/C20H21N3O5S2/c1-12-5-8-15(9-6-12)30(25,26)23-20-21-13(2)18(29-20)19(24)22-16-11-14(27-3)7-10-17(16)28-4/h5-11H,1-4H3,(H,21,23)(H,22,24). The summed E-state index contributed by atoms with van der Waals surface area (Å²) < 4.78 is 38.0. The molecule has 158 valence electrons. The molecule has 3 aromatic rings. The van der Waals surface area contributed by atoms with Crippen LogP contribution in [0, 0.1) is 13.8 Å². The molecule has 0 bridgehead atoms.